The van der Waals surface area contributed by atoms with Crippen LogP contribution >= 0.6 is 11.6 Å². The molecule has 2 rings (SSSR count). The maximum absolute atomic E-state index is 13.1. The van der Waals surface area contributed by atoms with Crippen molar-refractivity contribution in [2.45, 2.75) is 12.8 Å². The minimum absolute atomic E-state index is 0.0639. The van der Waals surface area contributed by atoms with Crippen LogP contribution in [0.25, 0.3) is 0 Å². The average Bonchev–Trinajstić information content (AvgIpc) is 2.36. The molecule has 1 aromatic heterocycles. The summed E-state index contributed by atoms with van der Waals surface area (Å²) >= 11 is 5.68. The summed E-state index contributed by atoms with van der Waals surface area (Å²) in [6.07, 6.45) is 1.03. The lowest BCUT2D eigenvalue weighted by molar-refractivity contribution is 0.446. The molecule has 0 fully saturated rings. The van der Waals surface area contributed by atoms with E-state index in [1.165, 1.54) is 18.2 Å². The van der Waals surface area contributed by atoms with Gasteiger partial charge in [0.1, 0.15) is 17.4 Å². The molecule has 2 aromatic rings. The number of aromatic nitrogens is 1. The van der Waals surface area contributed by atoms with Gasteiger partial charge < -0.3 is 4.74 Å². The highest BCUT2D eigenvalue weighted by Crippen LogP contribution is 2.27. The normalized spacial score (nSPS) is 10.4. The van der Waals surface area contributed by atoms with Gasteiger partial charge in [-0.05, 0) is 24.6 Å². The van der Waals surface area contributed by atoms with Crippen LogP contribution in [0.2, 0.25) is 0 Å². The van der Waals surface area contributed by atoms with Gasteiger partial charge in [-0.3, -0.25) is 0 Å². The van der Waals surface area contributed by atoms with Crippen molar-refractivity contribution >= 4 is 11.6 Å². The van der Waals surface area contributed by atoms with Crippen LogP contribution in [0.3, 0.4) is 0 Å². The second-order valence-corrected chi connectivity index (χ2v) is 4.03. The first kappa shape index (κ1) is 12.8. The largest absolute Gasteiger partial charge is 0.438 e. The molecule has 0 N–H and O–H groups in total. The van der Waals surface area contributed by atoms with Crippen LogP contribution in [0.4, 0.5) is 8.78 Å². The van der Waals surface area contributed by atoms with Gasteiger partial charge in [-0.2, -0.15) is 0 Å². The monoisotopic (exact) mass is 269 g/mol. The van der Waals surface area contributed by atoms with Crippen LogP contribution in [0, 0.1) is 18.6 Å². The van der Waals surface area contributed by atoms with Crippen LogP contribution < -0.4 is 4.74 Å². The molecule has 1 heterocycles. The summed E-state index contributed by atoms with van der Waals surface area (Å²) in [5.74, 6) is -0.325. The molecular formula is C13H10ClF2NO. The first-order chi connectivity index (χ1) is 8.60. The topological polar surface area (TPSA) is 22.1 Å². The molecule has 1 aromatic carbocycles. The van der Waals surface area contributed by atoms with Gasteiger partial charge in [0.05, 0.1) is 12.1 Å². The molecule has 0 unspecified atom stereocenters. The van der Waals surface area contributed by atoms with E-state index in [-0.39, 0.29) is 11.8 Å². The number of rotatable bonds is 3. The Labute approximate surface area is 108 Å². The van der Waals surface area contributed by atoms with Crippen molar-refractivity contribution in [1.82, 2.24) is 4.98 Å². The number of hydrogen-bond acceptors (Lipinski definition) is 2. The SMILES string of the molecule is Cc1ccc(F)cc1Oc1ncc(F)cc1CCl. The van der Waals surface area contributed by atoms with Gasteiger partial charge in [0.25, 0.3) is 0 Å². The molecule has 0 saturated carbocycles. The van der Waals surface area contributed by atoms with Crippen molar-refractivity contribution in [2.75, 3.05) is 0 Å². The van der Waals surface area contributed by atoms with Gasteiger partial charge in [0, 0.05) is 11.6 Å². The van der Waals surface area contributed by atoms with Crippen LogP contribution in [0.5, 0.6) is 11.6 Å². The molecule has 0 spiro atoms. The minimum Gasteiger partial charge on any atom is -0.438 e. The molecule has 18 heavy (non-hydrogen) atoms. The molecule has 0 aliphatic carbocycles. The maximum Gasteiger partial charge on any atom is 0.223 e. The number of ether oxygens (including phenoxy) is 1. The molecule has 0 bridgehead atoms. The van der Waals surface area contributed by atoms with E-state index in [0.717, 1.165) is 11.8 Å². The fourth-order valence-electron chi connectivity index (χ4n) is 1.44. The third-order valence-corrected chi connectivity index (χ3v) is 2.68. The minimum atomic E-state index is -0.492. The summed E-state index contributed by atoms with van der Waals surface area (Å²) in [5.41, 5.74) is 1.17. The zero-order chi connectivity index (χ0) is 13.1. The number of pyridine rings is 1. The van der Waals surface area contributed by atoms with E-state index in [1.807, 2.05) is 0 Å². The third-order valence-electron chi connectivity index (χ3n) is 2.39. The Bertz CT molecular complexity index is 575. The number of nitrogens with zero attached hydrogens (tertiary/aromatic N) is 1. The van der Waals surface area contributed by atoms with Crippen molar-refractivity contribution < 1.29 is 13.5 Å². The standard InChI is InChI=1S/C13H10ClF2NO/c1-8-2-3-10(15)5-12(8)18-13-9(6-14)4-11(16)7-17-13/h2-5,7H,6H2,1H3. The van der Waals surface area contributed by atoms with Crippen molar-refractivity contribution in [2.24, 2.45) is 0 Å². The van der Waals surface area contributed by atoms with E-state index in [2.05, 4.69) is 4.98 Å². The van der Waals surface area contributed by atoms with Crippen LogP contribution in [0.1, 0.15) is 11.1 Å². The van der Waals surface area contributed by atoms with Crippen LogP contribution in [0.15, 0.2) is 30.5 Å². The molecule has 0 aliphatic rings. The molecule has 94 valence electrons. The van der Waals surface area contributed by atoms with Gasteiger partial charge in [-0.15, -0.1) is 11.6 Å². The molecule has 2 nitrogen and oxygen atoms in total. The highest BCUT2D eigenvalue weighted by molar-refractivity contribution is 6.17. The lowest BCUT2D eigenvalue weighted by Gasteiger charge is -2.10. The van der Waals surface area contributed by atoms with Crippen molar-refractivity contribution in [3.63, 3.8) is 0 Å². The molecule has 0 amide bonds. The van der Waals surface area contributed by atoms with Gasteiger partial charge in [-0.1, -0.05) is 6.07 Å². The van der Waals surface area contributed by atoms with Gasteiger partial charge in [-0.25, -0.2) is 13.8 Å². The molecule has 0 aliphatic heterocycles. The Balaban J connectivity index is 2.36. The van der Waals surface area contributed by atoms with E-state index >= 15 is 0 Å². The van der Waals surface area contributed by atoms with E-state index in [0.29, 0.717) is 11.3 Å². The predicted molar refractivity (Wildman–Crippen MR) is 65.0 cm³/mol. The summed E-state index contributed by atoms with van der Waals surface area (Å²) in [4.78, 5) is 3.81. The number of hydrogen-bond donors (Lipinski definition) is 0. The quantitative estimate of drug-likeness (QED) is 0.779. The number of alkyl halides is 1. The van der Waals surface area contributed by atoms with E-state index < -0.39 is 11.6 Å². The fourth-order valence-corrected chi connectivity index (χ4v) is 1.64. The van der Waals surface area contributed by atoms with Crippen molar-refractivity contribution in [1.29, 1.82) is 0 Å². The molecule has 0 saturated heterocycles. The Morgan fingerprint density at radius 1 is 1.22 bits per heavy atom. The summed E-state index contributed by atoms with van der Waals surface area (Å²) in [6.45, 7) is 1.78. The predicted octanol–water partition coefficient (Wildman–Crippen LogP) is 4.20. The van der Waals surface area contributed by atoms with Crippen LogP contribution in [-0.2, 0) is 5.88 Å². The van der Waals surface area contributed by atoms with E-state index in [1.54, 1.807) is 13.0 Å². The Kier molecular flexibility index (Phi) is 3.77. The van der Waals surface area contributed by atoms with Gasteiger partial charge in [0.15, 0.2) is 0 Å². The van der Waals surface area contributed by atoms with Crippen LogP contribution in [-0.4, -0.2) is 4.98 Å². The lowest BCUT2D eigenvalue weighted by Crippen LogP contribution is -1.96. The molecule has 0 radical (unpaired) electrons. The number of benzene rings is 1. The Morgan fingerprint density at radius 3 is 2.72 bits per heavy atom. The second-order valence-electron chi connectivity index (χ2n) is 3.76. The first-order valence-electron chi connectivity index (χ1n) is 5.24. The first-order valence-corrected chi connectivity index (χ1v) is 5.78. The second kappa shape index (κ2) is 5.31. The molecular weight excluding hydrogens is 260 g/mol. The smallest absolute Gasteiger partial charge is 0.223 e. The highest BCUT2D eigenvalue weighted by Gasteiger charge is 2.10. The number of halogens is 3. The van der Waals surface area contributed by atoms with E-state index in [9.17, 15) is 8.78 Å². The van der Waals surface area contributed by atoms with Crippen molar-refractivity contribution in [3.8, 4) is 11.6 Å². The Hall–Kier alpha value is -1.68. The third kappa shape index (κ3) is 2.76. The molecule has 0 atom stereocenters. The lowest BCUT2D eigenvalue weighted by atomic mass is 10.2. The fraction of sp³-hybridized carbons (Fsp3) is 0.154. The highest BCUT2D eigenvalue weighted by atomic mass is 35.5. The summed E-state index contributed by atoms with van der Waals surface area (Å²) in [7, 11) is 0. The van der Waals surface area contributed by atoms with Gasteiger partial charge >= 0.3 is 0 Å². The van der Waals surface area contributed by atoms with Gasteiger partial charge in [0.2, 0.25) is 5.88 Å². The molecule has 5 heteroatoms. The summed E-state index contributed by atoms with van der Waals surface area (Å²) < 4.78 is 31.6. The number of aryl methyl sites for hydroxylation is 1. The average molecular weight is 270 g/mol. The zero-order valence-corrected chi connectivity index (χ0v) is 10.3. The van der Waals surface area contributed by atoms with Crippen molar-refractivity contribution in [3.05, 3.63) is 53.2 Å². The summed E-state index contributed by atoms with van der Waals surface area (Å²) in [5, 5.41) is 0. The summed E-state index contributed by atoms with van der Waals surface area (Å²) in [6, 6.07) is 5.42. The Morgan fingerprint density at radius 2 is 2.00 bits per heavy atom. The van der Waals surface area contributed by atoms with E-state index in [4.69, 9.17) is 16.3 Å². The maximum atomic E-state index is 13.1. The zero-order valence-electron chi connectivity index (χ0n) is 9.58.